The Bertz CT molecular complexity index is 975. The molecule has 2 aliphatic heterocycles. The van der Waals surface area contributed by atoms with E-state index in [0.29, 0.717) is 39.0 Å². The molecule has 9 heteroatoms. The first-order valence-electron chi connectivity index (χ1n) is 11.2. The van der Waals surface area contributed by atoms with Crippen LogP contribution in [0.4, 0.5) is 13.2 Å². The van der Waals surface area contributed by atoms with Gasteiger partial charge in [-0.25, -0.2) is 0 Å². The minimum atomic E-state index is -4.43. The fourth-order valence-electron chi connectivity index (χ4n) is 4.98. The molecule has 0 aromatic heterocycles. The molecular weight excluding hydrogens is 469 g/mol. The monoisotopic (exact) mass is 498 g/mol. The molecule has 2 fully saturated rings. The van der Waals surface area contributed by atoms with Crippen LogP contribution < -0.4 is 10.5 Å². The number of halogens is 4. The quantitative estimate of drug-likeness (QED) is 0.622. The number of ether oxygens (including phenoxy) is 2. The Hall–Kier alpha value is -2.29. The number of amides is 1. The molecule has 34 heavy (non-hydrogen) atoms. The van der Waals surface area contributed by atoms with E-state index in [9.17, 15) is 18.0 Å². The van der Waals surface area contributed by atoms with Crippen LogP contribution in [0, 0.1) is 0 Å². The summed E-state index contributed by atoms with van der Waals surface area (Å²) in [5.74, 6) is -0.131. The first kappa shape index (κ1) is 26.3. The number of hydrogen-bond donors (Lipinski definition) is 1. The molecule has 2 aromatic carbocycles. The molecule has 0 spiro atoms. The van der Waals surface area contributed by atoms with Gasteiger partial charge in [-0.3, -0.25) is 9.69 Å². The maximum atomic E-state index is 13.0. The largest absolute Gasteiger partial charge is 0.489 e. The molecule has 0 aliphatic carbocycles. The molecule has 2 aromatic rings. The third kappa shape index (κ3) is 5.50. The number of carbonyl (C=O) groups is 1. The van der Waals surface area contributed by atoms with E-state index in [1.807, 2.05) is 35.2 Å². The summed E-state index contributed by atoms with van der Waals surface area (Å²) in [5.41, 5.74) is 5.47. The Morgan fingerprint density at radius 2 is 1.94 bits per heavy atom. The van der Waals surface area contributed by atoms with Gasteiger partial charge in [-0.1, -0.05) is 43.3 Å². The molecule has 186 valence electrons. The van der Waals surface area contributed by atoms with E-state index >= 15 is 0 Å². The topological polar surface area (TPSA) is 64.8 Å². The van der Waals surface area contributed by atoms with Gasteiger partial charge in [0.15, 0.2) is 0 Å². The SMILES string of the molecule is C[C@@H](c1ccccc1)C1CC(C(N)=O)(N2CCC(Oc3cccc(C(F)(F)F)c3)C2)CCO1.Cl. The van der Waals surface area contributed by atoms with Gasteiger partial charge in [-0.05, 0) is 36.6 Å². The van der Waals surface area contributed by atoms with Crippen LogP contribution in [0.5, 0.6) is 5.75 Å². The Morgan fingerprint density at radius 1 is 1.21 bits per heavy atom. The van der Waals surface area contributed by atoms with E-state index in [1.165, 1.54) is 12.1 Å². The number of carbonyl (C=O) groups excluding carboxylic acids is 1. The number of benzene rings is 2. The van der Waals surface area contributed by atoms with Crippen molar-refractivity contribution in [3.05, 3.63) is 65.7 Å². The van der Waals surface area contributed by atoms with Crippen molar-refractivity contribution in [3.63, 3.8) is 0 Å². The molecule has 5 nitrogen and oxygen atoms in total. The molecule has 2 saturated heterocycles. The van der Waals surface area contributed by atoms with Crippen LogP contribution in [0.1, 0.15) is 43.2 Å². The average molecular weight is 499 g/mol. The maximum absolute atomic E-state index is 13.0. The van der Waals surface area contributed by atoms with Crippen molar-refractivity contribution in [2.24, 2.45) is 5.73 Å². The highest BCUT2D eigenvalue weighted by Crippen LogP contribution is 2.39. The molecule has 4 rings (SSSR count). The Balaban J connectivity index is 0.00000324. The van der Waals surface area contributed by atoms with Gasteiger partial charge in [-0.15, -0.1) is 12.4 Å². The van der Waals surface area contributed by atoms with Crippen LogP contribution in [0.15, 0.2) is 54.6 Å². The van der Waals surface area contributed by atoms with Gasteiger partial charge >= 0.3 is 6.18 Å². The summed E-state index contributed by atoms with van der Waals surface area (Å²) in [5, 5.41) is 0. The zero-order chi connectivity index (χ0) is 23.6. The Labute approximate surface area is 203 Å². The molecule has 2 heterocycles. The van der Waals surface area contributed by atoms with Crippen LogP contribution in [-0.2, 0) is 15.7 Å². The number of nitrogens with zero attached hydrogens (tertiary/aromatic N) is 1. The lowest BCUT2D eigenvalue weighted by atomic mass is 9.79. The zero-order valence-electron chi connectivity index (χ0n) is 19.0. The Morgan fingerprint density at radius 3 is 2.62 bits per heavy atom. The molecule has 3 unspecified atom stereocenters. The standard InChI is InChI=1S/C25H29F3N2O3.ClH/c1-17(18-6-3-2-4-7-18)22-15-24(23(29)31,11-13-32-22)30-12-10-21(16-30)33-20-9-5-8-19(14-20)25(26,27)28;/h2-9,14,17,21-22H,10-13,15-16H2,1H3,(H2,29,31);1H/t17-,21?,22?,24?;/m0./s1. The number of primary amides is 1. The van der Waals surface area contributed by atoms with Crippen LogP contribution in [0.25, 0.3) is 0 Å². The van der Waals surface area contributed by atoms with E-state index in [-0.39, 0.29) is 36.3 Å². The van der Waals surface area contributed by atoms with E-state index < -0.39 is 23.2 Å². The summed E-state index contributed by atoms with van der Waals surface area (Å²) in [6, 6.07) is 14.9. The van der Waals surface area contributed by atoms with Crippen molar-refractivity contribution in [2.75, 3.05) is 19.7 Å². The molecule has 0 bridgehead atoms. The second-order valence-electron chi connectivity index (χ2n) is 8.96. The van der Waals surface area contributed by atoms with Gasteiger partial charge in [0.25, 0.3) is 0 Å². The average Bonchev–Trinajstić information content (AvgIpc) is 3.27. The molecule has 4 atom stereocenters. The summed E-state index contributed by atoms with van der Waals surface area (Å²) in [4.78, 5) is 14.8. The van der Waals surface area contributed by atoms with Crippen molar-refractivity contribution < 1.29 is 27.4 Å². The van der Waals surface area contributed by atoms with Gasteiger partial charge < -0.3 is 15.2 Å². The lowest BCUT2D eigenvalue weighted by Gasteiger charge is -2.46. The predicted octanol–water partition coefficient (Wildman–Crippen LogP) is 4.79. The first-order chi connectivity index (χ1) is 15.7. The van der Waals surface area contributed by atoms with E-state index in [0.717, 1.165) is 17.7 Å². The highest BCUT2D eigenvalue weighted by molar-refractivity contribution is 5.85. The van der Waals surface area contributed by atoms with Crippen LogP contribution >= 0.6 is 12.4 Å². The van der Waals surface area contributed by atoms with E-state index in [4.69, 9.17) is 15.2 Å². The summed E-state index contributed by atoms with van der Waals surface area (Å²) in [6.45, 7) is 3.51. The highest BCUT2D eigenvalue weighted by atomic mass is 35.5. The second kappa shape index (κ2) is 10.5. The summed E-state index contributed by atoms with van der Waals surface area (Å²) in [6.07, 6.45) is -3.37. The van der Waals surface area contributed by atoms with Crippen molar-refractivity contribution >= 4 is 18.3 Å². The molecule has 2 aliphatic rings. The van der Waals surface area contributed by atoms with Gasteiger partial charge in [0.05, 0.1) is 11.7 Å². The molecule has 0 radical (unpaired) electrons. The molecular formula is C25H30ClF3N2O3. The lowest BCUT2D eigenvalue weighted by Crippen LogP contribution is -2.61. The number of nitrogens with two attached hydrogens (primary N) is 1. The van der Waals surface area contributed by atoms with Gasteiger partial charge in [0, 0.05) is 32.0 Å². The Kier molecular flexibility index (Phi) is 8.16. The van der Waals surface area contributed by atoms with Crippen molar-refractivity contribution in [3.8, 4) is 5.75 Å². The fraction of sp³-hybridized carbons (Fsp3) is 0.480. The number of rotatable bonds is 6. The summed E-state index contributed by atoms with van der Waals surface area (Å²) in [7, 11) is 0. The molecule has 2 N–H and O–H groups in total. The van der Waals surface area contributed by atoms with Crippen molar-refractivity contribution in [2.45, 2.75) is 56.0 Å². The highest BCUT2D eigenvalue weighted by Gasteiger charge is 2.50. The maximum Gasteiger partial charge on any atom is 0.416 e. The smallest absolute Gasteiger partial charge is 0.416 e. The van der Waals surface area contributed by atoms with Gasteiger partial charge in [0.1, 0.15) is 17.4 Å². The molecule has 1 amide bonds. The fourth-order valence-corrected chi connectivity index (χ4v) is 4.98. The normalized spacial score (nSPS) is 26.5. The lowest BCUT2D eigenvalue weighted by molar-refractivity contribution is -0.142. The minimum Gasteiger partial charge on any atom is -0.489 e. The summed E-state index contributed by atoms with van der Waals surface area (Å²) < 4.78 is 51.0. The summed E-state index contributed by atoms with van der Waals surface area (Å²) >= 11 is 0. The third-order valence-corrected chi connectivity index (χ3v) is 6.94. The third-order valence-electron chi connectivity index (χ3n) is 6.94. The zero-order valence-corrected chi connectivity index (χ0v) is 19.8. The van der Waals surface area contributed by atoms with E-state index in [2.05, 4.69) is 6.92 Å². The van der Waals surface area contributed by atoms with E-state index in [1.54, 1.807) is 0 Å². The predicted molar refractivity (Wildman–Crippen MR) is 125 cm³/mol. The van der Waals surface area contributed by atoms with Crippen molar-refractivity contribution in [1.29, 1.82) is 0 Å². The van der Waals surface area contributed by atoms with Gasteiger partial charge in [-0.2, -0.15) is 13.2 Å². The van der Waals surface area contributed by atoms with Crippen LogP contribution in [-0.4, -0.2) is 48.3 Å². The molecule has 0 saturated carbocycles. The number of alkyl halides is 3. The number of hydrogen-bond acceptors (Lipinski definition) is 4. The first-order valence-corrected chi connectivity index (χ1v) is 11.2. The van der Waals surface area contributed by atoms with Gasteiger partial charge in [0.2, 0.25) is 5.91 Å². The number of likely N-dealkylation sites (tertiary alicyclic amines) is 1. The van der Waals surface area contributed by atoms with Crippen LogP contribution in [0.2, 0.25) is 0 Å². The second-order valence-corrected chi connectivity index (χ2v) is 8.96. The van der Waals surface area contributed by atoms with Crippen LogP contribution in [0.3, 0.4) is 0 Å². The van der Waals surface area contributed by atoms with Crippen molar-refractivity contribution in [1.82, 2.24) is 4.90 Å². The minimum absolute atomic E-state index is 0.